The zero-order chi connectivity index (χ0) is 24.1. The van der Waals surface area contributed by atoms with Gasteiger partial charge in [-0.3, -0.25) is 14.5 Å². The van der Waals surface area contributed by atoms with Crippen molar-refractivity contribution in [2.75, 3.05) is 4.90 Å². The van der Waals surface area contributed by atoms with Crippen molar-refractivity contribution in [3.05, 3.63) is 81.3 Å². The number of benzene rings is 1. The number of aromatic nitrogens is 4. The van der Waals surface area contributed by atoms with Crippen molar-refractivity contribution in [2.24, 2.45) is 0 Å². The highest BCUT2D eigenvalue weighted by atomic mass is 32.1. The predicted octanol–water partition coefficient (Wildman–Crippen LogP) is 4.30. The minimum absolute atomic E-state index is 0.00809. The van der Waals surface area contributed by atoms with Crippen LogP contribution in [0.3, 0.4) is 0 Å². The van der Waals surface area contributed by atoms with E-state index in [-0.39, 0.29) is 17.0 Å². The van der Waals surface area contributed by atoms with Gasteiger partial charge in [0.1, 0.15) is 16.3 Å². The molecule has 8 nitrogen and oxygen atoms in total. The van der Waals surface area contributed by atoms with Crippen LogP contribution in [0.5, 0.6) is 0 Å². The molecule has 0 radical (unpaired) electrons. The van der Waals surface area contributed by atoms with Crippen LogP contribution in [0.1, 0.15) is 46.1 Å². The maximum Gasteiger partial charge on any atom is 0.301 e. The lowest BCUT2D eigenvalue weighted by Crippen LogP contribution is -2.29. The Morgan fingerprint density at radius 2 is 1.82 bits per heavy atom. The fourth-order valence-electron chi connectivity index (χ4n) is 4.34. The summed E-state index contributed by atoms with van der Waals surface area (Å²) in [5.41, 5.74) is 4.37. The Labute approximate surface area is 200 Å². The topological polar surface area (TPSA) is 101 Å². The number of aryl methyl sites for hydroxylation is 4. The number of rotatable bonds is 4. The van der Waals surface area contributed by atoms with Gasteiger partial charge >= 0.3 is 5.91 Å². The van der Waals surface area contributed by atoms with E-state index in [1.807, 2.05) is 60.8 Å². The molecule has 4 aromatic rings. The van der Waals surface area contributed by atoms with Crippen LogP contribution in [-0.2, 0) is 16.0 Å². The first-order chi connectivity index (χ1) is 16.3. The third kappa shape index (κ3) is 3.31. The molecule has 5 rings (SSSR count). The van der Waals surface area contributed by atoms with Crippen molar-refractivity contribution >= 4 is 39.6 Å². The van der Waals surface area contributed by atoms with E-state index < -0.39 is 17.7 Å². The maximum absolute atomic E-state index is 13.3. The third-order valence-electron chi connectivity index (χ3n) is 6.18. The second-order valence-electron chi connectivity index (χ2n) is 8.30. The molecule has 1 saturated heterocycles. The summed E-state index contributed by atoms with van der Waals surface area (Å²) < 4.78 is 1.86. The lowest BCUT2D eigenvalue weighted by Gasteiger charge is -2.22. The number of hydrogen-bond acceptors (Lipinski definition) is 7. The lowest BCUT2D eigenvalue weighted by atomic mass is 9.95. The van der Waals surface area contributed by atoms with Crippen LogP contribution < -0.4 is 4.90 Å². The lowest BCUT2D eigenvalue weighted by molar-refractivity contribution is -0.132. The fraction of sp³-hybridized carbons (Fsp3) is 0.240. The first kappa shape index (κ1) is 22.0. The number of fused-ring (bicyclic) bond motifs is 1. The van der Waals surface area contributed by atoms with Crippen LogP contribution in [0.25, 0.3) is 11.4 Å². The zero-order valence-electron chi connectivity index (χ0n) is 19.2. The van der Waals surface area contributed by atoms with Gasteiger partial charge in [-0.25, -0.2) is 4.98 Å². The van der Waals surface area contributed by atoms with E-state index in [2.05, 4.69) is 22.1 Å². The minimum Gasteiger partial charge on any atom is -0.505 e. The first-order valence-electron chi connectivity index (χ1n) is 11.0. The number of Topliss-reactive ketones (excluding diaryl/α,β-unsaturated/α-hetero) is 1. The van der Waals surface area contributed by atoms with Gasteiger partial charge in [-0.15, -0.1) is 10.2 Å². The average Bonchev–Trinajstić information content (AvgIpc) is 3.49. The normalized spacial score (nSPS) is 17.8. The molecule has 1 N–H and O–H groups in total. The molecule has 0 saturated carbocycles. The van der Waals surface area contributed by atoms with Gasteiger partial charge in [0.25, 0.3) is 5.78 Å². The Kier molecular flexibility index (Phi) is 5.28. The number of nitrogens with zero attached hydrogens (tertiary/aromatic N) is 5. The summed E-state index contributed by atoms with van der Waals surface area (Å²) in [5, 5.41) is 20.6. The molecular weight excluding hydrogens is 450 g/mol. The van der Waals surface area contributed by atoms with E-state index in [4.69, 9.17) is 0 Å². The third-order valence-corrected chi connectivity index (χ3v) is 7.02. The molecule has 172 valence electrons. The highest BCUT2D eigenvalue weighted by Crippen LogP contribution is 2.43. The van der Waals surface area contributed by atoms with Crippen LogP contribution in [0.2, 0.25) is 0 Å². The van der Waals surface area contributed by atoms with Gasteiger partial charge in [-0.2, -0.15) is 0 Å². The second-order valence-corrected chi connectivity index (χ2v) is 9.46. The van der Waals surface area contributed by atoms with Gasteiger partial charge in [-0.05, 0) is 49.9 Å². The van der Waals surface area contributed by atoms with Crippen molar-refractivity contribution in [1.29, 1.82) is 0 Å². The molecule has 1 unspecified atom stereocenters. The zero-order valence-corrected chi connectivity index (χ0v) is 20.1. The molecule has 3 aromatic heterocycles. The quantitative estimate of drug-likeness (QED) is 0.269. The number of amides is 1. The minimum atomic E-state index is -0.844. The molecule has 1 amide bonds. The van der Waals surface area contributed by atoms with Crippen LogP contribution in [0.15, 0.2) is 48.2 Å². The summed E-state index contributed by atoms with van der Waals surface area (Å²) in [6.45, 7) is 7.59. The highest BCUT2D eigenvalue weighted by molar-refractivity contribution is 7.15. The Bertz CT molecular complexity index is 1480. The molecule has 0 spiro atoms. The molecule has 0 aliphatic carbocycles. The van der Waals surface area contributed by atoms with E-state index in [0.29, 0.717) is 27.0 Å². The smallest absolute Gasteiger partial charge is 0.301 e. The maximum atomic E-state index is 13.3. The summed E-state index contributed by atoms with van der Waals surface area (Å²) >= 11 is 1.22. The summed E-state index contributed by atoms with van der Waals surface area (Å²) in [7, 11) is 0. The fourth-order valence-corrected chi connectivity index (χ4v) is 5.05. The first-order valence-corrected chi connectivity index (χ1v) is 11.8. The Hall–Kier alpha value is -3.85. The van der Waals surface area contributed by atoms with Crippen LogP contribution >= 0.6 is 11.3 Å². The summed E-state index contributed by atoms with van der Waals surface area (Å²) in [6, 6.07) is 10.7. The van der Waals surface area contributed by atoms with Gasteiger partial charge in [0, 0.05) is 6.20 Å². The number of anilines is 1. The second kappa shape index (κ2) is 8.18. The number of imidazole rings is 1. The Morgan fingerprint density at radius 3 is 2.44 bits per heavy atom. The average molecular weight is 474 g/mol. The predicted molar refractivity (Wildman–Crippen MR) is 130 cm³/mol. The van der Waals surface area contributed by atoms with Gasteiger partial charge in [0.15, 0.2) is 5.76 Å². The van der Waals surface area contributed by atoms with Gasteiger partial charge in [0.05, 0.1) is 17.3 Å². The van der Waals surface area contributed by atoms with E-state index in [1.54, 1.807) is 6.92 Å². The number of ketones is 1. The molecule has 4 heterocycles. The molecule has 34 heavy (non-hydrogen) atoms. The van der Waals surface area contributed by atoms with Gasteiger partial charge in [-0.1, -0.05) is 48.6 Å². The standard InChI is InChI=1S/C25H23N5O3S/c1-5-16-8-10-17(11-9-16)20-18(22(32)24(33)30(20)25-28-27-15(4)34-25)21(31)19-14(3)29-12-6-7-13(2)23(29)26-19/h6-12,20,31H,5H2,1-4H3/b21-18+. The largest absolute Gasteiger partial charge is 0.505 e. The van der Waals surface area contributed by atoms with Crippen LogP contribution in [-0.4, -0.2) is 36.4 Å². The van der Waals surface area contributed by atoms with E-state index in [1.165, 1.54) is 16.2 Å². The number of carbonyl (C=O) groups excluding carboxylic acids is 2. The molecule has 1 fully saturated rings. The molecule has 9 heteroatoms. The molecule has 1 aliphatic rings. The summed E-state index contributed by atoms with van der Waals surface area (Å²) in [6.07, 6.45) is 2.71. The van der Waals surface area contributed by atoms with E-state index >= 15 is 0 Å². The number of pyridine rings is 1. The SMILES string of the molecule is CCc1ccc(C2/C(=C(\O)c3nc4c(C)cccn4c3C)C(=O)C(=O)N2c2nnc(C)s2)cc1. The summed E-state index contributed by atoms with van der Waals surface area (Å²) in [5.74, 6) is -1.82. The number of aliphatic hydroxyl groups excluding tert-OH is 1. The highest BCUT2D eigenvalue weighted by Gasteiger charge is 2.48. The number of carbonyl (C=O) groups is 2. The number of hydrogen-bond donors (Lipinski definition) is 1. The molecule has 1 aromatic carbocycles. The molecular formula is C25H23N5O3S. The van der Waals surface area contributed by atoms with Crippen molar-refractivity contribution in [3.63, 3.8) is 0 Å². The molecule has 1 aliphatic heterocycles. The Balaban J connectivity index is 1.75. The summed E-state index contributed by atoms with van der Waals surface area (Å²) in [4.78, 5) is 32.5. The van der Waals surface area contributed by atoms with Crippen LogP contribution in [0.4, 0.5) is 5.13 Å². The molecule has 1 atom stereocenters. The Morgan fingerprint density at radius 1 is 1.09 bits per heavy atom. The number of aliphatic hydroxyl groups is 1. The van der Waals surface area contributed by atoms with E-state index in [0.717, 1.165) is 17.5 Å². The van der Waals surface area contributed by atoms with Crippen LogP contribution in [0, 0.1) is 20.8 Å². The van der Waals surface area contributed by atoms with Crippen molar-refractivity contribution in [2.45, 2.75) is 40.2 Å². The van der Waals surface area contributed by atoms with Crippen molar-refractivity contribution in [1.82, 2.24) is 19.6 Å². The molecule has 0 bridgehead atoms. The van der Waals surface area contributed by atoms with E-state index in [9.17, 15) is 14.7 Å². The van der Waals surface area contributed by atoms with Gasteiger partial charge < -0.3 is 9.51 Å². The van der Waals surface area contributed by atoms with Crippen molar-refractivity contribution < 1.29 is 14.7 Å². The van der Waals surface area contributed by atoms with Crippen molar-refractivity contribution in [3.8, 4) is 0 Å². The monoisotopic (exact) mass is 473 g/mol. The van der Waals surface area contributed by atoms with Gasteiger partial charge in [0.2, 0.25) is 5.13 Å².